The van der Waals surface area contributed by atoms with Crippen LogP contribution in [-0.4, -0.2) is 30.3 Å². The van der Waals surface area contributed by atoms with Crippen LogP contribution in [0.3, 0.4) is 0 Å². The molecule has 0 saturated carbocycles. The van der Waals surface area contributed by atoms with E-state index in [9.17, 15) is 4.79 Å². The van der Waals surface area contributed by atoms with E-state index in [1.54, 1.807) is 0 Å². The maximum Gasteiger partial charge on any atom is 0.139 e. The first kappa shape index (κ1) is 18.6. The maximum atomic E-state index is 12.0. The van der Waals surface area contributed by atoms with Crippen molar-refractivity contribution in [3.63, 3.8) is 0 Å². The van der Waals surface area contributed by atoms with E-state index >= 15 is 0 Å². The lowest BCUT2D eigenvalue weighted by Crippen LogP contribution is -2.32. The first-order valence-electron chi connectivity index (χ1n) is 7.88. The van der Waals surface area contributed by atoms with Crippen molar-refractivity contribution >= 4 is 5.78 Å². The van der Waals surface area contributed by atoms with Crippen LogP contribution in [0.15, 0.2) is 0 Å². The van der Waals surface area contributed by atoms with Gasteiger partial charge in [0.1, 0.15) is 5.78 Å². The Hall–Kier alpha value is -0.370. The Morgan fingerprint density at radius 2 is 1.32 bits per heavy atom. The molecule has 0 spiro atoms. The van der Waals surface area contributed by atoms with Gasteiger partial charge < -0.3 is 4.90 Å². The highest BCUT2D eigenvalue weighted by atomic mass is 16.1. The molecule has 0 aromatic rings. The van der Waals surface area contributed by atoms with E-state index in [1.807, 2.05) is 20.8 Å². The van der Waals surface area contributed by atoms with Crippen LogP contribution in [0, 0.1) is 17.3 Å². The van der Waals surface area contributed by atoms with Crippen LogP contribution in [-0.2, 0) is 4.79 Å². The van der Waals surface area contributed by atoms with E-state index in [0.29, 0.717) is 12.2 Å². The molecule has 0 radical (unpaired) electrons. The first-order chi connectivity index (χ1) is 8.62. The van der Waals surface area contributed by atoms with E-state index in [2.05, 4.69) is 32.6 Å². The SMILES string of the molecule is CC(C)CCN(CCC(=O)C(C)(C)C)CCC(C)C. The van der Waals surface area contributed by atoms with Crippen LogP contribution in [0.5, 0.6) is 0 Å². The smallest absolute Gasteiger partial charge is 0.139 e. The van der Waals surface area contributed by atoms with E-state index in [0.717, 1.165) is 31.5 Å². The Morgan fingerprint density at radius 3 is 1.63 bits per heavy atom. The van der Waals surface area contributed by atoms with Crippen LogP contribution in [0.1, 0.15) is 67.7 Å². The number of nitrogens with zero attached hydrogens (tertiary/aromatic N) is 1. The fourth-order valence-electron chi connectivity index (χ4n) is 1.85. The van der Waals surface area contributed by atoms with Gasteiger partial charge in [-0.3, -0.25) is 4.79 Å². The third kappa shape index (κ3) is 10.1. The molecule has 0 aromatic heterocycles. The summed E-state index contributed by atoms with van der Waals surface area (Å²) in [5.74, 6) is 1.85. The molecule has 0 unspecified atom stereocenters. The number of rotatable bonds is 9. The average molecular weight is 269 g/mol. The zero-order valence-electron chi connectivity index (χ0n) is 14.3. The van der Waals surface area contributed by atoms with Crippen molar-refractivity contribution in [1.29, 1.82) is 0 Å². The summed E-state index contributed by atoms with van der Waals surface area (Å²) in [4.78, 5) is 14.5. The molecule has 0 aliphatic rings. The summed E-state index contributed by atoms with van der Waals surface area (Å²) in [7, 11) is 0. The van der Waals surface area contributed by atoms with Crippen molar-refractivity contribution in [2.24, 2.45) is 17.3 Å². The monoisotopic (exact) mass is 269 g/mol. The minimum Gasteiger partial charge on any atom is -0.303 e. The van der Waals surface area contributed by atoms with Crippen LogP contribution in [0.2, 0.25) is 0 Å². The summed E-state index contributed by atoms with van der Waals surface area (Å²) in [6.07, 6.45) is 3.14. The first-order valence-corrected chi connectivity index (χ1v) is 7.88. The molecule has 0 atom stereocenters. The molecule has 0 amide bonds. The molecule has 0 rings (SSSR count). The van der Waals surface area contributed by atoms with Crippen molar-refractivity contribution in [1.82, 2.24) is 4.90 Å². The van der Waals surface area contributed by atoms with Gasteiger partial charge in [-0.2, -0.15) is 0 Å². The molecule has 0 heterocycles. The quantitative estimate of drug-likeness (QED) is 0.619. The van der Waals surface area contributed by atoms with E-state index in [4.69, 9.17) is 0 Å². The highest BCUT2D eigenvalue weighted by Crippen LogP contribution is 2.17. The van der Waals surface area contributed by atoms with Crippen LogP contribution < -0.4 is 0 Å². The topological polar surface area (TPSA) is 20.3 Å². The Balaban J connectivity index is 4.21. The van der Waals surface area contributed by atoms with Gasteiger partial charge in [0.2, 0.25) is 0 Å². The van der Waals surface area contributed by atoms with Gasteiger partial charge in [-0.15, -0.1) is 0 Å². The van der Waals surface area contributed by atoms with Gasteiger partial charge in [0.15, 0.2) is 0 Å². The fraction of sp³-hybridized carbons (Fsp3) is 0.941. The van der Waals surface area contributed by atoms with Crippen molar-refractivity contribution in [3.8, 4) is 0 Å². The van der Waals surface area contributed by atoms with Crippen molar-refractivity contribution in [2.45, 2.75) is 67.7 Å². The molecular formula is C17H35NO. The van der Waals surface area contributed by atoms with Gasteiger partial charge in [0.05, 0.1) is 0 Å². The zero-order valence-corrected chi connectivity index (χ0v) is 14.3. The normalized spacial score (nSPS) is 12.7. The molecule has 0 bridgehead atoms. The van der Waals surface area contributed by atoms with Gasteiger partial charge in [-0.25, -0.2) is 0 Å². The molecule has 114 valence electrons. The number of Topliss-reactive ketones (excluding diaryl/α,β-unsaturated/α-hetero) is 1. The minimum atomic E-state index is -0.193. The second-order valence-corrected chi connectivity index (χ2v) is 7.63. The Kier molecular flexibility index (Phi) is 8.56. The van der Waals surface area contributed by atoms with Gasteiger partial charge in [-0.1, -0.05) is 48.5 Å². The number of carbonyl (C=O) groups is 1. The predicted octanol–water partition coefficient (Wildman–Crippen LogP) is 4.39. The minimum absolute atomic E-state index is 0.193. The predicted molar refractivity (Wildman–Crippen MR) is 84.4 cm³/mol. The molecule has 0 fully saturated rings. The lowest BCUT2D eigenvalue weighted by molar-refractivity contribution is -0.126. The van der Waals surface area contributed by atoms with Gasteiger partial charge in [0, 0.05) is 18.4 Å². The number of hydrogen-bond donors (Lipinski definition) is 0. The summed E-state index contributed by atoms with van der Waals surface area (Å²) in [5, 5.41) is 0. The summed E-state index contributed by atoms with van der Waals surface area (Å²) >= 11 is 0. The molecule has 0 aliphatic carbocycles. The Labute approximate surface area is 120 Å². The average Bonchev–Trinajstić information content (AvgIpc) is 2.25. The third-order valence-electron chi connectivity index (χ3n) is 3.54. The largest absolute Gasteiger partial charge is 0.303 e. The van der Waals surface area contributed by atoms with Crippen molar-refractivity contribution < 1.29 is 4.79 Å². The van der Waals surface area contributed by atoms with Crippen LogP contribution in [0.4, 0.5) is 0 Å². The van der Waals surface area contributed by atoms with E-state index in [1.165, 1.54) is 12.8 Å². The molecule has 2 heteroatoms. The Bertz CT molecular complexity index is 238. The molecule has 2 nitrogen and oxygen atoms in total. The molecule has 0 aromatic carbocycles. The van der Waals surface area contributed by atoms with Crippen LogP contribution in [0.25, 0.3) is 0 Å². The molecular weight excluding hydrogens is 234 g/mol. The number of hydrogen-bond acceptors (Lipinski definition) is 2. The van der Waals surface area contributed by atoms with Crippen LogP contribution >= 0.6 is 0 Å². The highest BCUT2D eigenvalue weighted by molar-refractivity contribution is 5.83. The third-order valence-corrected chi connectivity index (χ3v) is 3.54. The summed E-state index contributed by atoms with van der Waals surface area (Å²) < 4.78 is 0. The second kappa shape index (κ2) is 8.73. The van der Waals surface area contributed by atoms with Gasteiger partial charge in [0.25, 0.3) is 0 Å². The van der Waals surface area contributed by atoms with Gasteiger partial charge in [-0.05, 0) is 37.8 Å². The van der Waals surface area contributed by atoms with Crippen molar-refractivity contribution in [2.75, 3.05) is 19.6 Å². The molecule has 0 aliphatic heterocycles. The lowest BCUT2D eigenvalue weighted by Gasteiger charge is -2.25. The summed E-state index contributed by atoms with van der Waals surface area (Å²) in [6, 6.07) is 0. The summed E-state index contributed by atoms with van der Waals surface area (Å²) in [5.41, 5.74) is -0.193. The molecule has 0 saturated heterocycles. The lowest BCUT2D eigenvalue weighted by atomic mass is 9.89. The summed E-state index contributed by atoms with van der Waals surface area (Å²) in [6.45, 7) is 18.3. The van der Waals surface area contributed by atoms with E-state index in [-0.39, 0.29) is 5.41 Å². The van der Waals surface area contributed by atoms with Crippen molar-refractivity contribution in [3.05, 3.63) is 0 Å². The highest BCUT2D eigenvalue weighted by Gasteiger charge is 2.21. The molecule has 19 heavy (non-hydrogen) atoms. The standard InChI is InChI=1S/C17H35NO/c1-14(2)8-11-18(12-9-15(3)4)13-10-16(19)17(5,6)7/h14-15H,8-13H2,1-7H3. The molecule has 0 N–H and O–H groups in total. The Morgan fingerprint density at radius 1 is 0.895 bits per heavy atom. The second-order valence-electron chi connectivity index (χ2n) is 7.63. The number of carbonyl (C=O) groups excluding carboxylic acids is 1. The number of ketones is 1. The fourth-order valence-corrected chi connectivity index (χ4v) is 1.85. The zero-order chi connectivity index (χ0) is 15.1. The van der Waals surface area contributed by atoms with E-state index < -0.39 is 0 Å². The maximum absolute atomic E-state index is 12.0. The van der Waals surface area contributed by atoms with Gasteiger partial charge >= 0.3 is 0 Å².